The third-order valence-corrected chi connectivity index (χ3v) is 2.27. The molecular formula is C13H12F3NO4. The molecule has 8 heteroatoms. The number of aliphatic carboxylic acids is 1. The van der Waals surface area contributed by atoms with Crippen LogP contribution in [0.5, 0.6) is 0 Å². The fraction of sp³-hybridized carbons (Fsp3) is 0.231. The van der Waals surface area contributed by atoms with Gasteiger partial charge in [-0.15, -0.1) is 0 Å². The van der Waals surface area contributed by atoms with Crippen LogP contribution in [0.1, 0.15) is 12.5 Å². The maximum Gasteiger partial charge on any atom is 0.416 e. The monoisotopic (exact) mass is 303 g/mol. The number of hydrogen-bond donors (Lipinski definition) is 2. The van der Waals surface area contributed by atoms with Gasteiger partial charge >= 0.3 is 18.1 Å². The van der Waals surface area contributed by atoms with E-state index >= 15 is 0 Å². The molecule has 1 aromatic rings. The first-order chi connectivity index (χ1) is 9.74. The van der Waals surface area contributed by atoms with Crippen LogP contribution in [0.15, 0.2) is 36.0 Å². The number of carboxylic acids is 1. The summed E-state index contributed by atoms with van der Waals surface area (Å²) < 4.78 is 41.7. The Morgan fingerprint density at radius 1 is 1.29 bits per heavy atom. The molecule has 0 saturated carbocycles. The highest BCUT2D eigenvalue weighted by atomic mass is 19.4. The molecule has 0 aliphatic heterocycles. The number of carbonyl (C=O) groups is 2. The normalized spacial score (nSPS) is 11.9. The van der Waals surface area contributed by atoms with E-state index < -0.39 is 29.4 Å². The molecule has 0 heterocycles. The van der Waals surface area contributed by atoms with E-state index in [2.05, 4.69) is 10.1 Å². The predicted octanol–water partition coefficient (Wildman–Crippen LogP) is 2.65. The van der Waals surface area contributed by atoms with Crippen LogP contribution in [0.3, 0.4) is 0 Å². The Morgan fingerprint density at radius 2 is 1.86 bits per heavy atom. The topological polar surface area (TPSA) is 75.6 Å². The van der Waals surface area contributed by atoms with Crippen LogP contribution in [0, 0.1) is 0 Å². The Labute approximate surface area is 118 Å². The van der Waals surface area contributed by atoms with Crippen LogP contribution >= 0.6 is 0 Å². The van der Waals surface area contributed by atoms with E-state index in [0.717, 1.165) is 24.3 Å². The van der Waals surface area contributed by atoms with Gasteiger partial charge in [-0.25, -0.2) is 9.59 Å². The molecule has 1 rings (SSSR count). The Bertz CT molecular complexity index is 550. The number of nitrogens with one attached hydrogen (secondary N) is 1. The summed E-state index contributed by atoms with van der Waals surface area (Å²) >= 11 is 0. The number of carbonyl (C=O) groups excluding carboxylic acids is 1. The molecule has 0 bridgehead atoms. The number of benzene rings is 1. The first kappa shape index (κ1) is 16.5. The van der Waals surface area contributed by atoms with Crippen molar-refractivity contribution in [2.45, 2.75) is 13.1 Å². The van der Waals surface area contributed by atoms with Crippen LogP contribution in [-0.2, 0) is 20.5 Å². The van der Waals surface area contributed by atoms with Gasteiger partial charge in [0.15, 0.2) is 0 Å². The fourth-order valence-electron chi connectivity index (χ4n) is 1.35. The average Bonchev–Trinajstić information content (AvgIpc) is 2.37. The van der Waals surface area contributed by atoms with Gasteiger partial charge in [-0.1, -0.05) is 0 Å². The van der Waals surface area contributed by atoms with Gasteiger partial charge < -0.3 is 15.2 Å². The van der Waals surface area contributed by atoms with Gasteiger partial charge in [0, 0.05) is 5.69 Å². The highest BCUT2D eigenvalue weighted by Crippen LogP contribution is 2.29. The number of carboxylic acid groups (broad SMARTS) is 1. The van der Waals surface area contributed by atoms with Crippen molar-refractivity contribution in [3.05, 3.63) is 41.6 Å². The lowest BCUT2D eigenvalue weighted by Crippen LogP contribution is -2.14. The maximum atomic E-state index is 12.4. The van der Waals surface area contributed by atoms with Crippen molar-refractivity contribution in [2.24, 2.45) is 0 Å². The summed E-state index contributed by atoms with van der Waals surface area (Å²) in [5.41, 5.74) is -1.27. The summed E-state index contributed by atoms with van der Waals surface area (Å²) in [5.74, 6) is -2.31. The Hall–Kier alpha value is -2.51. The zero-order valence-electron chi connectivity index (χ0n) is 10.9. The molecule has 5 nitrogen and oxygen atoms in total. The van der Waals surface area contributed by atoms with Crippen LogP contribution in [0.4, 0.5) is 18.9 Å². The van der Waals surface area contributed by atoms with Crippen LogP contribution in [0.2, 0.25) is 0 Å². The molecule has 0 unspecified atom stereocenters. The van der Waals surface area contributed by atoms with E-state index in [9.17, 15) is 22.8 Å². The molecule has 2 N–H and O–H groups in total. The molecule has 0 amide bonds. The Balaban J connectivity index is 2.90. The number of hydrogen-bond acceptors (Lipinski definition) is 4. The average molecular weight is 303 g/mol. The lowest BCUT2D eigenvalue weighted by molar-refractivity contribution is -0.138. The van der Waals surface area contributed by atoms with Gasteiger partial charge in [0.1, 0.15) is 5.70 Å². The van der Waals surface area contributed by atoms with Gasteiger partial charge in [-0.05, 0) is 31.2 Å². The predicted molar refractivity (Wildman–Crippen MR) is 67.4 cm³/mol. The number of anilines is 1. The molecular weight excluding hydrogens is 291 g/mol. The molecule has 0 saturated heterocycles. The Kier molecular flexibility index (Phi) is 5.34. The van der Waals surface area contributed by atoms with Gasteiger partial charge in [0.2, 0.25) is 0 Å². The molecule has 0 aliphatic rings. The number of alkyl halides is 3. The second-order valence-electron chi connectivity index (χ2n) is 3.82. The summed E-state index contributed by atoms with van der Waals surface area (Å²) in [7, 11) is 0. The molecule has 0 spiro atoms. The van der Waals surface area contributed by atoms with Gasteiger partial charge in [-0.3, -0.25) is 0 Å². The summed E-state index contributed by atoms with van der Waals surface area (Å²) in [6, 6.07) is 3.72. The van der Waals surface area contributed by atoms with Gasteiger partial charge in [-0.2, -0.15) is 13.2 Å². The number of esters is 1. The molecule has 1 aromatic carbocycles. The highest BCUT2D eigenvalue weighted by molar-refractivity contribution is 5.97. The first-order valence-electron chi connectivity index (χ1n) is 5.80. The van der Waals surface area contributed by atoms with Crippen molar-refractivity contribution in [1.82, 2.24) is 0 Å². The molecule has 0 aromatic heterocycles. The van der Waals surface area contributed by atoms with E-state index in [0.29, 0.717) is 6.08 Å². The van der Waals surface area contributed by atoms with Crippen LogP contribution in [-0.4, -0.2) is 23.7 Å². The SMILES string of the molecule is CCOC(=O)C=C(Nc1ccc(C(F)(F)F)cc1)C(=O)O. The summed E-state index contributed by atoms with van der Waals surface area (Å²) in [4.78, 5) is 22.1. The van der Waals surface area contributed by atoms with Crippen molar-refractivity contribution in [1.29, 1.82) is 0 Å². The molecule has 0 atom stereocenters. The number of ether oxygens (including phenoxy) is 1. The number of halogens is 3. The smallest absolute Gasteiger partial charge is 0.416 e. The van der Waals surface area contributed by atoms with E-state index in [1.807, 2.05) is 0 Å². The van der Waals surface area contributed by atoms with E-state index in [-0.39, 0.29) is 12.3 Å². The van der Waals surface area contributed by atoms with Crippen molar-refractivity contribution in [3.63, 3.8) is 0 Å². The number of rotatable bonds is 5. The third-order valence-electron chi connectivity index (χ3n) is 2.27. The molecule has 0 aliphatic carbocycles. The molecule has 114 valence electrons. The minimum Gasteiger partial charge on any atom is -0.477 e. The maximum absolute atomic E-state index is 12.4. The van der Waals surface area contributed by atoms with E-state index in [4.69, 9.17) is 5.11 Å². The molecule has 0 fully saturated rings. The lowest BCUT2D eigenvalue weighted by Gasteiger charge is -2.10. The standard InChI is InChI=1S/C13H12F3NO4/c1-2-21-11(18)7-10(12(19)20)17-9-5-3-8(4-6-9)13(14,15)16/h3-7,17H,2H2,1H3,(H,19,20). The van der Waals surface area contributed by atoms with Crippen molar-refractivity contribution >= 4 is 17.6 Å². The molecule has 0 radical (unpaired) electrons. The van der Waals surface area contributed by atoms with E-state index in [1.54, 1.807) is 6.92 Å². The fourth-order valence-corrected chi connectivity index (χ4v) is 1.35. The minimum atomic E-state index is -4.48. The van der Waals surface area contributed by atoms with Gasteiger partial charge in [0.05, 0.1) is 18.2 Å². The van der Waals surface area contributed by atoms with Gasteiger partial charge in [0.25, 0.3) is 0 Å². The first-order valence-corrected chi connectivity index (χ1v) is 5.80. The zero-order valence-corrected chi connectivity index (χ0v) is 10.9. The second-order valence-corrected chi connectivity index (χ2v) is 3.82. The van der Waals surface area contributed by atoms with Crippen LogP contribution < -0.4 is 5.32 Å². The van der Waals surface area contributed by atoms with Crippen molar-refractivity contribution in [2.75, 3.05) is 11.9 Å². The summed E-state index contributed by atoms with van der Waals surface area (Å²) in [6.07, 6.45) is -3.77. The highest BCUT2D eigenvalue weighted by Gasteiger charge is 2.30. The minimum absolute atomic E-state index is 0.0719. The molecule has 21 heavy (non-hydrogen) atoms. The van der Waals surface area contributed by atoms with E-state index in [1.165, 1.54) is 0 Å². The lowest BCUT2D eigenvalue weighted by atomic mass is 10.2. The van der Waals surface area contributed by atoms with Crippen molar-refractivity contribution < 1.29 is 32.6 Å². The third kappa shape index (κ3) is 5.17. The quantitative estimate of drug-likeness (QED) is 0.646. The second kappa shape index (κ2) is 6.78. The zero-order chi connectivity index (χ0) is 16.0. The summed E-state index contributed by atoms with van der Waals surface area (Å²) in [6.45, 7) is 1.62. The Morgan fingerprint density at radius 3 is 2.29 bits per heavy atom. The van der Waals surface area contributed by atoms with Crippen molar-refractivity contribution in [3.8, 4) is 0 Å². The largest absolute Gasteiger partial charge is 0.477 e. The summed E-state index contributed by atoms with van der Waals surface area (Å²) in [5, 5.41) is 11.3. The van der Waals surface area contributed by atoms with Crippen LogP contribution in [0.25, 0.3) is 0 Å².